The number of hydrogen-bond donors (Lipinski definition) is 1. The van der Waals surface area contributed by atoms with Crippen molar-refractivity contribution in [3.05, 3.63) is 59.9 Å². The molecule has 0 fully saturated rings. The second kappa shape index (κ2) is 7.74. The molecule has 0 saturated carbocycles. The fourth-order valence-electron chi connectivity index (χ4n) is 2.20. The van der Waals surface area contributed by atoms with E-state index < -0.39 is 15.8 Å². The van der Waals surface area contributed by atoms with Crippen molar-refractivity contribution in [2.24, 2.45) is 0 Å². The van der Waals surface area contributed by atoms with Crippen molar-refractivity contribution >= 4 is 15.7 Å². The maximum atomic E-state index is 13.7. The van der Waals surface area contributed by atoms with E-state index in [9.17, 15) is 12.8 Å². The Hall–Kier alpha value is -1.96. The Balaban J connectivity index is 2.34. The summed E-state index contributed by atoms with van der Waals surface area (Å²) in [6.07, 6.45) is 0. The third-order valence-corrected chi connectivity index (χ3v) is 5.45. The molecule has 0 aromatic heterocycles. The summed E-state index contributed by atoms with van der Waals surface area (Å²) in [7, 11) is -0.0806. The lowest BCUT2D eigenvalue weighted by atomic mass is 10.2. The van der Waals surface area contributed by atoms with Crippen LogP contribution in [0.15, 0.2) is 53.4 Å². The topological polar surface area (TPSA) is 66.6 Å². The molecule has 7 heteroatoms. The Bertz CT molecular complexity index is 780. The Morgan fingerprint density at radius 1 is 1.04 bits per heavy atom. The molecule has 24 heavy (non-hydrogen) atoms. The van der Waals surface area contributed by atoms with E-state index in [0.29, 0.717) is 13.1 Å². The lowest BCUT2D eigenvalue weighted by Crippen LogP contribution is -2.36. The molecule has 0 atom stereocenters. The predicted molar refractivity (Wildman–Crippen MR) is 93.4 cm³/mol. The standard InChI is InChI=1S/C17H22FN3O2S/c1-20(2)10-11-21(13-14-6-4-3-5-7-14)24(22,23)15-8-9-17(19)16(18)12-15/h3-9,12H,10-11,13,19H2,1-2H3. The van der Waals surface area contributed by atoms with Crippen LogP contribution in [-0.2, 0) is 16.6 Å². The van der Waals surface area contributed by atoms with Gasteiger partial charge >= 0.3 is 0 Å². The van der Waals surface area contributed by atoms with Crippen molar-refractivity contribution < 1.29 is 12.8 Å². The van der Waals surface area contributed by atoms with Crippen molar-refractivity contribution in [3.8, 4) is 0 Å². The SMILES string of the molecule is CN(C)CCN(Cc1ccccc1)S(=O)(=O)c1ccc(N)c(F)c1. The van der Waals surface area contributed by atoms with Gasteiger partial charge in [0.15, 0.2) is 0 Å². The zero-order valence-electron chi connectivity index (χ0n) is 13.8. The van der Waals surface area contributed by atoms with Crippen molar-refractivity contribution in [2.75, 3.05) is 32.9 Å². The van der Waals surface area contributed by atoms with Gasteiger partial charge in [0.25, 0.3) is 0 Å². The summed E-state index contributed by atoms with van der Waals surface area (Å²) in [4.78, 5) is 1.81. The molecular weight excluding hydrogens is 329 g/mol. The number of nitrogens with two attached hydrogens (primary N) is 1. The van der Waals surface area contributed by atoms with Crippen molar-refractivity contribution in [2.45, 2.75) is 11.4 Å². The molecule has 0 unspecified atom stereocenters. The smallest absolute Gasteiger partial charge is 0.243 e. The third-order valence-electron chi connectivity index (χ3n) is 3.61. The quantitative estimate of drug-likeness (QED) is 0.777. The first-order chi connectivity index (χ1) is 11.3. The Labute approximate surface area is 142 Å². The molecule has 0 amide bonds. The molecule has 5 nitrogen and oxygen atoms in total. The highest BCUT2D eigenvalue weighted by atomic mass is 32.2. The van der Waals surface area contributed by atoms with Gasteiger partial charge < -0.3 is 10.6 Å². The fraction of sp³-hybridized carbons (Fsp3) is 0.294. The first-order valence-corrected chi connectivity index (χ1v) is 8.98. The minimum absolute atomic E-state index is 0.0724. The number of benzene rings is 2. The van der Waals surface area contributed by atoms with Crippen LogP contribution < -0.4 is 5.73 Å². The van der Waals surface area contributed by atoms with Crippen LogP contribution in [0.3, 0.4) is 0 Å². The van der Waals surface area contributed by atoms with Gasteiger partial charge in [0, 0.05) is 19.6 Å². The van der Waals surface area contributed by atoms with Gasteiger partial charge in [0.2, 0.25) is 10.0 Å². The van der Waals surface area contributed by atoms with Crippen molar-refractivity contribution in [3.63, 3.8) is 0 Å². The molecule has 2 aromatic carbocycles. The number of nitrogens with zero attached hydrogens (tertiary/aromatic N) is 2. The molecule has 2 N–H and O–H groups in total. The van der Waals surface area contributed by atoms with Crippen LogP contribution >= 0.6 is 0 Å². The van der Waals surface area contributed by atoms with Gasteiger partial charge in [-0.1, -0.05) is 30.3 Å². The average molecular weight is 351 g/mol. The van der Waals surface area contributed by atoms with E-state index in [0.717, 1.165) is 11.6 Å². The maximum absolute atomic E-state index is 13.7. The van der Waals surface area contributed by atoms with Crippen LogP contribution in [0.25, 0.3) is 0 Å². The monoisotopic (exact) mass is 351 g/mol. The number of hydrogen-bond acceptors (Lipinski definition) is 4. The Morgan fingerprint density at radius 3 is 2.29 bits per heavy atom. The summed E-state index contributed by atoms with van der Waals surface area (Å²) in [5.74, 6) is -0.733. The lowest BCUT2D eigenvalue weighted by molar-refractivity contribution is 0.329. The van der Waals surface area contributed by atoms with Crippen LogP contribution in [0, 0.1) is 5.82 Å². The first kappa shape index (κ1) is 18.4. The minimum atomic E-state index is -3.82. The molecular formula is C17H22FN3O2S. The third kappa shape index (κ3) is 4.53. The summed E-state index contributed by atoms with van der Waals surface area (Å²) < 4.78 is 40.9. The molecule has 0 aliphatic heterocycles. The number of nitrogen functional groups attached to an aromatic ring is 1. The van der Waals surface area contributed by atoms with E-state index in [1.807, 2.05) is 49.3 Å². The largest absolute Gasteiger partial charge is 0.396 e. The number of anilines is 1. The van der Waals surface area contributed by atoms with E-state index in [2.05, 4.69) is 0 Å². The molecule has 0 saturated heterocycles. The first-order valence-electron chi connectivity index (χ1n) is 7.54. The fourth-order valence-corrected chi connectivity index (χ4v) is 3.63. The zero-order valence-corrected chi connectivity index (χ0v) is 14.6. The number of halogens is 1. The molecule has 0 aliphatic carbocycles. The van der Waals surface area contributed by atoms with Crippen LogP contribution in [0.5, 0.6) is 0 Å². The van der Waals surface area contributed by atoms with Crippen LogP contribution in [0.1, 0.15) is 5.56 Å². The average Bonchev–Trinajstić information content (AvgIpc) is 2.54. The van der Waals surface area contributed by atoms with Crippen molar-refractivity contribution in [1.82, 2.24) is 9.21 Å². The molecule has 0 radical (unpaired) electrons. The van der Waals surface area contributed by atoms with Gasteiger partial charge in [-0.2, -0.15) is 4.31 Å². The second-order valence-electron chi connectivity index (χ2n) is 5.81. The van der Waals surface area contributed by atoms with Gasteiger partial charge in [-0.3, -0.25) is 0 Å². The van der Waals surface area contributed by atoms with Crippen molar-refractivity contribution in [1.29, 1.82) is 0 Å². The molecule has 0 aliphatic rings. The lowest BCUT2D eigenvalue weighted by Gasteiger charge is -2.24. The number of sulfonamides is 1. The van der Waals surface area contributed by atoms with Crippen LogP contribution in [0.2, 0.25) is 0 Å². The Morgan fingerprint density at radius 2 is 1.71 bits per heavy atom. The van der Waals surface area contributed by atoms with E-state index in [4.69, 9.17) is 5.73 Å². The number of rotatable bonds is 7. The highest BCUT2D eigenvalue weighted by Crippen LogP contribution is 2.21. The summed E-state index contributed by atoms with van der Waals surface area (Å²) in [6.45, 7) is 1.09. The molecule has 0 spiro atoms. The molecule has 0 heterocycles. The summed E-state index contributed by atoms with van der Waals surface area (Å²) in [5, 5.41) is 0. The second-order valence-corrected chi connectivity index (χ2v) is 7.75. The van der Waals surface area contributed by atoms with E-state index in [1.165, 1.54) is 16.4 Å². The van der Waals surface area contributed by atoms with E-state index >= 15 is 0 Å². The predicted octanol–water partition coefficient (Wildman–Crippen LogP) is 2.16. The highest BCUT2D eigenvalue weighted by Gasteiger charge is 2.25. The number of likely N-dealkylation sites (N-methyl/N-ethyl adjacent to an activating group) is 1. The summed E-state index contributed by atoms with van der Waals surface area (Å²) in [5.41, 5.74) is 6.24. The maximum Gasteiger partial charge on any atom is 0.243 e. The summed E-state index contributed by atoms with van der Waals surface area (Å²) in [6, 6.07) is 12.9. The van der Waals surface area contributed by atoms with Gasteiger partial charge in [-0.15, -0.1) is 0 Å². The normalized spacial score (nSPS) is 12.0. The Kier molecular flexibility index (Phi) is 5.93. The van der Waals surface area contributed by atoms with Gasteiger partial charge in [0.1, 0.15) is 5.82 Å². The molecule has 0 bridgehead atoms. The molecule has 2 rings (SSSR count). The van der Waals surface area contributed by atoms with Gasteiger partial charge in [0.05, 0.1) is 10.6 Å². The zero-order chi connectivity index (χ0) is 17.7. The van der Waals surface area contributed by atoms with Crippen LogP contribution in [-0.4, -0.2) is 44.8 Å². The van der Waals surface area contributed by atoms with Gasteiger partial charge in [-0.25, -0.2) is 12.8 Å². The van der Waals surface area contributed by atoms with Crippen LogP contribution in [0.4, 0.5) is 10.1 Å². The highest BCUT2D eigenvalue weighted by molar-refractivity contribution is 7.89. The van der Waals surface area contributed by atoms with E-state index in [1.54, 1.807) is 0 Å². The van der Waals surface area contributed by atoms with E-state index in [-0.39, 0.29) is 17.1 Å². The minimum Gasteiger partial charge on any atom is -0.396 e. The molecule has 2 aromatic rings. The van der Waals surface area contributed by atoms with Gasteiger partial charge in [-0.05, 0) is 37.9 Å². The molecule has 130 valence electrons. The summed E-state index contributed by atoms with van der Waals surface area (Å²) >= 11 is 0.